The summed E-state index contributed by atoms with van der Waals surface area (Å²) in [5.74, 6) is -0.142. The van der Waals surface area contributed by atoms with Gasteiger partial charge in [-0.2, -0.15) is 4.31 Å². The lowest BCUT2D eigenvalue weighted by atomic mass is 10.00. The zero-order valence-corrected chi connectivity index (χ0v) is 20.0. The van der Waals surface area contributed by atoms with E-state index in [1.807, 2.05) is 32.9 Å². The Morgan fingerprint density at radius 3 is 2.59 bits per heavy atom. The van der Waals surface area contributed by atoms with Crippen molar-refractivity contribution in [2.45, 2.75) is 38.5 Å². The highest BCUT2D eigenvalue weighted by Gasteiger charge is 2.28. The maximum absolute atomic E-state index is 13.5. The van der Waals surface area contributed by atoms with E-state index < -0.39 is 10.0 Å². The van der Waals surface area contributed by atoms with Crippen molar-refractivity contribution < 1.29 is 13.2 Å². The van der Waals surface area contributed by atoms with Gasteiger partial charge in [-0.05, 0) is 67.8 Å². The van der Waals surface area contributed by atoms with Crippen LogP contribution >= 0.6 is 11.6 Å². The van der Waals surface area contributed by atoms with Gasteiger partial charge >= 0.3 is 0 Å². The number of hydrogen-bond donors (Lipinski definition) is 0. The van der Waals surface area contributed by atoms with E-state index in [9.17, 15) is 13.2 Å². The zero-order valence-electron chi connectivity index (χ0n) is 18.4. The van der Waals surface area contributed by atoms with Gasteiger partial charge in [0.2, 0.25) is 10.0 Å². The number of benzene rings is 2. The summed E-state index contributed by atoms with van der Waals surface area (Å²) in [5.41, 5.74) is 3.58. The first-order valence-corrected chi connectivity index (χ1v) is 12.6. The first kappa shape index (κ1) is 22.7. The molecular weight excluding hydrogens is 446 g/mol. The smallest absolute Gasteiger partial charge is 0.260 e. The van der Waals surface area contributed by atoms with Crippen LogP contribution in [0.3, 0.4) is 0 Å². The predicted octanol–water partition coefficient (Wildman–Crippen LogP) is 4.82. The standard InChI is InChI=1S/C24H26ClN3O3S/c1-4-27(5-2)32(30,31)20-9-11-23-17(14-20)7-6-12-28(23)24(29)21-15-18-13-19(25)8-10-22(18)26-16(21)3/h8-11,13-15H,4-7,12H2,1-3H3. The molecule has 2 heterocycles. The van der Waals surface area contributed by atoms with Crippen molar-refractivity contribution in [3.8, 4) is 0 Å². The number of anilines is 1. The van der Waals surface area contributed by atoms with Crippen molar-refractivity contribution in [1.82, 2.24) is 9.29 Å². The van der Waals surface area contributed by atoms with Crippen LogP contribution in [0.1, 0.15) is 41.9 Å². The fourth-order valence-corrected chi connectivity index (χ4v) is 5.95. The van der Waals surface area contributed by atoms with Crippen LogP contribution in [0, 0.1) is 6.92 Å². The highest BCUT2D eigenvalue weighted by molar-refractivity contribution is 7.89. The van der Waals surface area contributed by atoms with E-state index in [1.54, 1.807) is 35.2 Å². The normalized spacial score (nSPS) is 14.1. The van der Waals surface area contributed by atoms with Gasteiger partial charge < -0.3 is 4.90 Å². The van der Waals surface area contributed by atoms with Gasteiger partial charge in [-0.25, -0.2) is 8.42 Å². The van der Waals surface area contributed by atoms with Crippen molar-refractivity contribution in [2.24, 2.45) is 0 Å². The highest BCUT2D eigenvalue weighted by Crippen LogP contribution is 2.32. The molecule has 2 aromatic carbocycles. The third-order valence-electron chi connectivity index (χ3n) is 5.96. The number of halogens is 1. The maximum Gasteiger partial charge on any atom is 0.260 e. The summed E-state index contributed by atoms with van der Waals surface area (Å²) < 4.78 is 27.3. The molecule has 3 aromatic rings. The number of nitrogens with zero attached hydrogens (tertiary/aromatic N) is 3. The number of amides is 1. The largest absolute Gasteiger partial charge is 0.308 e. The number of aryl methyl sites for hydroxylation is 2. The summed E-state index contributed by atoms with van der Waals surface area (Å²) in [4.78, 5) is 20.1. The number of pyridine rings is 1. The molecule has 1 aliphatic heterocycles. The summed E-state index contributed by atoms with van der Waals surface area (Å²) in [6, 6.07) is 12.3. The van der Waals surface area contributed by atoms with Crippen LogP contribution in [-0.2, 0) is 16.4 Å². The molecule has 6 nitrogen and oxygen atoms in total. The quantitative estimate of drug-likeness (QED) is 0.534. The van der Waals surface area contributed by atoms with E-state index in [2.05, 4.69) is 4.98 Å². The Morgan fingerprint density at radius 2 is 1.88 bits per heavy atom. The number of hydrogen-bond acceptors (Lipinski definition) is 4. The molecular formula is C24H26ClN3O3S. The highest BCUT2D eigenvalue weighted by atomic mass is 35.5. The SMILES string of the molecule is CCN(CC)S(=O)(=O)c1ccc2c(c1)CCCN2C(=O)c1cc2cc(Cl)ccc2nc1C. The minimum Gasteiger partial charge on any atom is -0.308 e. The lowest BCUT2D eigenvalue weighted by molar-refractivity contribution is 0.0984. The number of aromatic nitrogens is 1. The Bertz CT molecular complexity index is 1300. The molecule has 1 aliphatic rings. The van der Waals surface area contributed by atoms with Crippen LogP contribution in [0.2, 0.25) is 5.02 Å². The first-order valence-electron chi connectivity index (χ1n) is 10.8. The molecule has 0 unspecified atom stereocenters. The van der Waals surface area contributed by atoms with Gasteiger partial charge in [0.15, 0.2) is 0 Å². The Kier molecular flexibility index (Phi) is 6.25. The fraction of sp³-hybridized carbons (Fsp3) is 0.333. The third-order valence-corrected chi connectivity index (χ3v) is 8.24. The second kappa shape index (κ2) is 8.81. The van der Waals surface area contributed by atoms with Gasteiger partial charge in [-0.3, -0.25) is 9.78 Å². The van der Waals surface area contributed by atoms with Crippen LogP contribution in [0.15, 0.2) is 47.4 Å². The minimum atomic E-state index is -3.55. The summed E-state index contributed by atoms with van der Waals surface area (Å²) in [6.07, 6.45) is 1.49. The number of sulfonamides is 1. The molecule has 0 fully saturated rings. The van der Waals surface area contributed by atoms with E-state index in [4.69, 9.17) is 11.6 Å². The molecule has 0 saturated heterocycles. The average Bonchev–Trinajstić information content (AvgIpc) is 2.78. The Balaban J connectivity index is 1.73. The molecule has 0 spiro atoms. The Labute approximate surface area is 193 Å². The molecule has 0 atom stereocenters. The Morgan fingerprint density at radius 1 is 1.12 bits per heavy atom. The van der Waals surface area contributed by atoms with Crippen molar-refractivity contribution >= 4 is 44.1 Å². The van der Waals surface area contributed by atoms with Crippen LogP contribution in [-0.4, -0.2) is 43.2 Å². The fourth-order valence-electron chi connectivity index (χ4n) is 4.26. The molecule has 1 aromatic heterocycles. The lowest BCUT2D eigenvalue weighted by Crippen LogP contribution is -2.36. The molecule has 0 radical (unpaired) electrons. The van der Waals surface area contributed by atoms with Crippen molar-refractivity contribution in [3.05, 3.63) is 64.3 Å². The van der Waals surface area contributed by atoms with Crippen molar-refractivity contribution in [3.63, 3.8) is 0 Å². The van der Waals surface area contributed by atoms with Gasteiger partial charge in [0, 0.05) is 35.7 Å². The van der Waals surface area contributed by atoms with Gasteiger partial charge in [0.25, 0.3) is 5.91 Å². The second-order valence-corrected chi connectivity index (χ2v) is 10.3. The van der Waals surface area contributed by atoms with E-state index in [0.29, 0.717) is 35.9 Å². The van der Waals surface area contributed by atoms with E-state index >= 15 is 0 Å². The van der Waals surface area contributed by atoms with Gasteiger partial charge in [0.1, 0.15) is 0 Å². The minimum absolute atomic E-state index is 0.142. The topological polar surface area (TPSA) is 70.6 Å². The number of carbonyl (C=O) groups is 1. The molecule has 0 aliphatic carbocycles. The average molecular weight is 472 g/mol. The van der Waals surface area contributed by atoms with Gasteiger partial charge in [-0.15, -0.1) is 0 Å². The van der Waals surface area contributed by atoms with E-state index in [1.165, 1.54) is 4.31 Å². The summed E-state index contributed by atoms with van der Waals surface area (Å²) in [7, 11) is -3.55. The van der Waals surface area contributed by atoms with Crippen LogP contribution in [0.5, 0.6) is 0 Å². The molecule has 8 heteroatoms. The summed E-state index contributed by atoms with van der Waals surface area (Å²) >= 11 is 6.13. The van der Waals surface area contributed by atoms with Gasteiger partial charge in [0.05, 0.1) is 21.7 Å². The monoisotopic (exact) mass is 471 g/mol. The van der Waals surface area contributed by atoms with E-state index in [-0.39, 0.29) is 10.8 Å². The number of rotatable bonds is 5. The first-order chi connectivity index (χ1) is 15.3. The number of fused-ring (bicyclic) bond motifs is 2. The van der Waals surface area contributed by atoms with Gasteiger partial charge in [-0.1, -0.05) is 25.4 Å². The third kappa shape index (κ3) is 4.00. The zero-order chi connectivity index (χ0) is 23.0. The van der Waals surface area contributed by atoms with Crippen LogP contribution in [0.25, 0.3) is 10.9 Å². The molecule has 0 N–H and O–H groups in total. The van der Waals surface area contributed by atoms with Crippen molar-refractivity contribution in [2.75, 3.05) is 24.5 Å². The predicted molar refractivity (Wildman–Crippen MR) is 128 cm³/mol. The van der Waals surface area contributed by atoms with Crippen LogP contribution in [0.4, 0.5) is 5.69 Å². The molecule has 4 rings (SSSR count). The second-order valence-electron chi connectivity index (χ2n) is 7.90. The molecule has 0 bridgehead atoms. The maximum atomic E-state index is 13.5. The summed E-state index contributed by atoms with van der Waals surface area (Å²) in [5, 5.41) is 1.40. The Hall–Kier alpha value is -2.48. The summed E-state index contributed by atoms with van der Waals surface area (Å²) in [6.45, 7) is 6.88. The van der Waals surface area contributed by atoms with E-state index in [0.717, 1.165) is 35.0 Å². The molecule has 0 saturated carbocycles. The van der Waals surface area contributed by atoms with Crippen molar-refractivity contribution in [1.29, 1.82) is 0 Å². The van der Waals surface area contributed by atoms with Crippen LogP contribution < -0.4 is 4.90 Å². The molecule has 32 heavy (non-hydrogen) atoms. The molecule has 168 valence electrons. The molecule has 1 amide bonds. The lowest BCUT2D eigenvalue weighted by Gasteiger charge is -2.30. The number of carbonyl (C=O) groups excluding carboxylic acids is 1.